The summed E-state index contributed by atoms with van der Waals surface area (Å²) < 4.78 is 6.06. The van der Waals surface area contributed by atoms with E-state index in [0.29, 0.717) is 22.9 Å². The standard InChI is InChI=1S/C15H20N2O/c1-2-11-5-3-4-6-14(11)18-15-8-7-13(17)9-12(15)10-16/h7-9,11,14H,2-6,17H2,1H3. The summed E-state index contributed by atoms with van der Waals surface area (Å²) >= 11 is 0. The molecule has 3 nitrogen and oxygen atoms in total. The quantitative estimate of drug-likeness (QED) is 0.828. The summed E-state index contributed by atoms with van der Waals surface area (Å²) in [5.41, 5.74) is 6.83. The van der Waals surface area contributed by atoms with E-state index in [-0.39, 0.29) is 6.10 Å². The average Bonchev–Trinajstić information content (AvgIpc) is 2.41. The fourth-order valence-corrected chi connectivity index (χ4v) is 2.70. The summed E-state index contributed by atoms with van der Waals surface area (Å²) in [5, 5.41) is 9.11. The Morgan fingerprint density at radius 2 is 2.17 bits per heavy atom. The van der Waals surface area contributed by atoms with E-state index in [9.17, 15) is 0 Å². The van der Waals surface area contributed by atoms with Crippen LogP contribution in [-0.4, -0.2) is 6.10 Å². The normalized spacial score (nSPS) is 23.3. The zero-order valence-corrected chi connectivity index (χ0v) is 10.9. The van der Waals surface area contributed by atoms with E-state index in [0.717, 1.165) is 12.8 Å². The van der Waals surface area contributed by atoms with Crippen molar-refractivity contribution in [1.82, 2.24) is 0 Å². The molecule has 0 aliphatic heterocycles. The third kappa shape index (κ3) is 2.76. The number of hydrogen-bond acceptors (Lipinski definition) is 3. The Morgan fingerprint density at radius 1 is 1.39 bits per heavy atom. The lowest BCUT2D eigenvalue weighted by Crippen LogP contribution is -2.30. The fraction of sp³-hybridized carbons (Fsp3) is 0.533. The van der Waals surface area contributed by atoms with Gasteiger partial charge in [0, 0.05) is 5.69 Å². The van der Waals surface area contributed by atoms with Crippen LogP contribution in [0.5, 0.6) is 5.75 Å². The van der Waals surface area contributed by atoms with E-state index < -0.39 is 0 Å². The van der Waals surface area contributed by atoms with Gasteiger partial charge in [0.05, 0.1) is 5.56 Å². The molecular weight excluding hydrogens is 224 g/mol. The van der Waals surface area contributed by atoms with Crippen LogP contribution in [-0.2, 0) is 0 Å². The second-order valence-corrected chi connectivity index (χ2v) is 4.98. The molecule has 96 valence electrons. The van der Waals surface area contributed by atoms with Crippen molar-refractivity contribution in [2.24, 2.45) is 5.92 Å². The SMILES string of the molecule is CCC1CCCCC1Oc1ccc(N)cc1C#N. The van der Waals surface area contributed by atoms with Crippen LogP contribution in [0, 0.1) is 17.2 Å². The lowest BCUT2D eigenvalue weighted by Gasteiger charge is -2.31. The number of rotatable bonds is 3. The monoisotopic (exact) mass is 244 g/mol. The molecule has 0 bridgehead atoms. The molecule has 1 aromatic rings. The number of hydrogen-bond donors (Lipinski definition) is 1. The van der Waals surface area contributed by atoms with E-state index in [1.165, 1.54) is 19.3 Å². The maximum Gasteiger partial charge on any atom is 0.137 e. The number of benzene rings is 1. The zero-order chi connectivity index (χ0) is 13.0. The minimum atomic E-state index is 0.250. The molecule has 0 aromatic heterocycles. The van der Waals surface area contributed by atoms with Crippen LogP contribution in [0.15, 0.2) is 18.2 Å². The molecule has 2 N–H and O–H groups in total. The largest absolute Gasteiger partial charge is 0.489 e. The van der Waals surface area contributed by atoms with Crippen molar-refractivity contribution >= 4 is 5.69 Å². The van der Waals surface area contributed by atoms with Crippen LogP contribution in [0.2, 0.25) is 0 Å². The van der Waals surface area contributed by atoms with Gasteiger partial charge in [-0.05, 0) is 49.8 Å². The number of nitrogen functional groups attached to an aromatic ring is 1. The third-order valence-corrected chi connectivity index (χ3v) is 3.77. The number of nitriles is 1. The number of nitrogens with zero attached hydrogens (tertiary/aromatic N) is 1. The Labute approximate surface area is 109 Å². The highest BCUT2D eigenvalue weighted by atomic mass is 16.5. The van der Waals surface area contributed by atoms with Gasteiger partial charge in [-0.3, -0.25) is 0 Å². The number of nitrogens with two attached hydrogens (primary N) is 1. The summed E-state index contributed by atoms with van der Waals surface area (Å²) in [6, 6.07) is 7.44. The molecule has 2 atom stereocenters. The van der Waals surface area contributed by atoms with Gasteiger partial charge < -0.3 is 10.5 Å². The van der Waals surface area contributed by atoms with Gasteiger partial charge in [0.1, 0.15) is 17.9 Å². The van der Waals surface area contributed by atoms with Crippen molar-refractivity contribution in [1.29, 1.82) is 5.26 Å². The Bertz CT molecular complexity index is 450. The molecule has 1 saturated carbocycles. The van der Waals surface area contributed by atoms with Crippen LogP contribution in [0.3, 0.4) is 0 Å². The fourth-order valence-electron chi connectivity index (χ4n) is 2.70. The molecule has 1 aromatic carbocycles. The first-order valence-corrected chi connectivity index (χ1v) is 6.71. The summed E-state index contributed by atoms with van der Waals surface area (Å²) in [6.45, 7) is 2.21. The highest BCUT2D eigenvalue weighted by molar-refractivity contribution is 5.53. The first kappa shape index (κ1) is 12.8. The molecule has 3 heteroatoms. The molecule has 1 fully saturated rings. The molecule has 0 heterocycles. The summed E-state index contributed by atoms with van der Waals surface area (Å²) in [5.74, 6) is 1.29. The molecule has 1 aliphatic carbocycles. The van der Waals surface area contributed by atoms with Gasteiger partial charge in [0.25, 0.3) is 0 Å². The van der Waals surface area contributed by atoms with Gasteiger partial charge in [-0.15, -0.1) is 0 Å². The Hall–Kier alpha value is -1.69. The smallest absolute Gasteiger partial charge is 0.137 e. The van der Waals surface area contributed by atoms with Gasteiger partial charge in [-0.1, -0.05) is 13.3 Å². The maximum absolute atomic E-state index is 9.11. The Morgan fingerprint density at radius 3 is 2.89 bits per heavy atom. The minimum absolute atomic E-state index is 0.250. The van der Waals surface area contributed by atoms with Gasteiger partial charge in [0.2, 0.25) is 0 Å². The van der Waals surface area contributed by atoms with E-state index >= 15 is 0 Å². The average molecular weight is 244 g/mol. The predicted octanol–water partition coefficient (Wildman–Crippen LogP) is 3.49. The van der Waals surface area contributed by atoms with Crippen LogP contribution in [0.4, 0.5) is 5.69 Å². The van der Waals surface area contributed by atoms with Crippen molar-refractivity contribution in [3.63, 3.8) is 0 Å². The molecule has 0 radical (unpaired) electrons. The van der Waals surface area contributed by atoms with Crippen molar-refractivity contribution in [2.45, 2.75) is 45.1 Å². The Kier molecular flexibility index (Phi) is 4.09. The lowest BCUT2D eigenvalue weighted by molar-refractivity contribution is 0.0901. The first-order valence-electron chi connectivity index (χ1n) is 6.71. The Balaban J connectivity index is 2.15. The van der Waals surface area contributed by atoms with Gasteiger partial charge in [0.15, 0.2) is 0 Å². The third-order valence-electron chi connectivity index (χ3n) is 3.77. The van der Waals surface area contributed by atoms with Gasteiger partial charge in [-0.25, -0.2) is 0 Å². The molecule has 0 saturated heterocycles. The molecule has 18 heavy (non-hydrogen) atoms. The van der Waals surface area contributed by atoms with Crippen molar-refractivity contribution in [3.05, 3.63) is 23.8 Å². The van der Waals surface area contributed by atoms with Crippen molar-refractivity contribution < 1.29 is 4.74 Å². The minimum Gasteiger partial charge on any atom is -0.489 e. The van der Waals surface area contributed by atoms with E-state index in [2.05, 4.69) is 13.0 Å². The molecule has 1 aliphatic rings. The van der Waals surface area contributed by atoms with E-state index in [1.54, 1.807) is 12.1 Å². The summed E-state index contributed by atoms with van der Waals surface area (Å²) in [6.07, 6.45) is 6.23. The summed E-state index contributed by atoms with van der Waals surface area (Å²) in [7, 11) is 0. The van der Waals surface area contributed by atoms with Crippen molar-refractivity contribution in [3.8, 4) is 11.8 Å². The maximum atomic E-state index is 9.11. The van der Waals surface area contributed by atoms with Gasteiger partial charge >= 0.3 is 0 Å². The molecular formula is C15H20N2O. The van der Waals surface area contributed by atoms with E-state index in [1.807, 2.05) is 6.07 Å². The summed E-state index contributed by atoms with van der Waals surface area (Å²) in [4.78, 5) is 0. The zero-order valence-electron chi connectivity index (χ0n) is 10.9. The van der Waals surface area contributed by atoms with Crippen LogP contribution in [0.25, 0.3) is 0 Å². The van der Waals surface area contributed by atoms with Crippen LogP contribution < -0.4 is 10.5 Å². The molecule has 0 spiro atoms. The van der Waals surface area contributed by atoms with Gasteiger partial charge in [-0.2, -0.15) is 5.26 Å². The van der Waals surface area contributed by atoms with Crippen molar-refractivity contribution in [2.75, 3.05) is 5.73 Å². The topological polar surface area (TPSA) is 59.0 Å². The van der Waals surface area contributed by atoms with Crippen LogP contribution in [0.1, 0.15) is 44.6 Å². The highest BCUT2D eigenvalue weighted by Crippen LogP contribution is 2.32. The second-order valence-electron chi connectivity index (χ2n) is 4.98. The predicted molar refractivity (Wildman–Crippen MR) is 72.2 cm³/mol. The van der Waals surface area contributed by atoms with Crippen LogP contribution >= 0.6 is 0 Å². The molecule has 0 amide bonds. The lowest BCUT2D eigenvalue weighted by atomic mass is 9.84. The first-order chi connectivity index (χ1) is 8.74. The van der Waals surface area contributed by atoms with E-state index in [4.69, 9.17) is 15.7 Å². The second kappa shape index (κ2) is 5.77. The number of ether oxygens (including phenoxy) is 1. The molecule has 2 unspecified atom stereocenters. The number of anilines is 1. The molecule has 2 rings (SSSR count). The highest BCUT2D eigenvalue weighted by Gasteiger charge is 2.25.